The molecule has 0 saturated carbocycles. The third-order valence-electron chi connectivity index (χ3n) is 7.42. The quantitative estimate of drug-likeness (QED) is 0.382. The van der Waals surface area contributed by atoms with E-state index in [0.717, 1.165) is 49.9 Å². The molecule has 0 aliphatic carbocycles. The number of rotatable bonds is 6. The van der Waals surface area contributed by atoms with Crippen LogP contribution in [-0.4, -0.2) is 58.7 Å². The highest BCUT2D eigenvalue weighted by molar-refractivity contribution is 8.26. The Balaban J connectivity index is 1.87. The highest BCUT2D eigenvalue weighted by Gasteiger charge is 2.42. The molecule has 200 valence electrons. The van der Waals surface area contributed by atoms with Crippen LogP contribution in [0.25, 0.3) is 6.08 Å². The van der Waals surface area contributed by atoms with Gasteiger partial charge in [0.1, 0.15) is 21.8 Å². The number of thioether (sulfide) groups is 1. The Hall–Kier alpha value is -2.16. The van der Waals surface area contributed by atoms with Gasteiger partial charge in [-0.3, -0.25) is 19.1 Å². The number of hydrogen-bond acceptors (Lipinski definition) is 8. The number of amides is 1. The SMILES string of the molecule is CCCCn1c(N2CC(C)CC(C)C2)c(/C=C2\SC(=S)N(C3CCS(=O)(=O)C3)C2=O)c(C)c(C#N)c1=O. The molecule has 37 heavy (non-hydrogen) atoms. The van der Waals surface area contributed by atoms with E-state index in [0.29, 0.717) is 45.2 Å². The van der Waals surface area contributed by atoms with Gasteiger partial charge in [0.2, 0.25) is 0 Å². The summed E-state index contributed by atoms with van der Waals surface area (Å²) < 4.78 is 26.2. The molecule has 1 aromatic rings. The van der Waals surface area contributed by atoms with Gasteiger partial charge in [-0.05, 0) is 49.7 Å². The number of hydrogen-bond donors (Lipinski definition) is 0. The van der Waals surface area contributed by atoms with E-state index in [1.165, 1.54) is 4.90 Å². The molecule has 8 nitrogen and oxygen atoms in total. The Morgan fingerprint density at radius 3 is 2.46 bits per heavy atom. The molecule has 3 saturated heterocycles. The zero-order chi connectivity index (χ0) is 27.1. The molecule has 4 heterocycles. The molecule has 0 aromatic carbocycles. The van der Waals surface area contributed by atoms with Gasteiger partial charge in [0.15, 0.2) is 9.84 Å². The first-order valence-electron chi connectivity index (χ1n) is 12.9. The molecule has 11 heteroatoms. The van der Waals surface area contributed by atoms with Gasteiger partial charge in [0.25, 0.3) is 11.5 Å². The monoisotopic (exact) mass is 562 g/mol. The maximum atomic E-state index is 13.5. The van der Waals surface area contributed by atoms with Crippen LogP contribution in [0.15, 0.2) is 9.70 Å². The maximum Gasteiger partial charge on any atom is 0.270 e. The maximum absolute atomic E-state index is 13.5. The molecular formula is C26H34N4O4S3. The van der Waals surface area contributed by atoms with Gasteiger partial charge in [0, 0.05) is 25.2 Å². The highest BCUT2D eigenvalue weighted by Crippen LogP contribution is 2.39. The Morgan fingerprint density at radius 2 is 1.89 bits per heavy atom. The van der Waals surface area contributed by atoms with Gasteiger partial charge >= 0.3 is 0 Å². The van der Waals surface area contributed by atoms with E-state index < -0.39 is 15.9 Å². The highest BCUT2D eigenvalue weighted by atomic mass is 32.2. The molecule has 1 aromatic heterocycles. The zero-order valence-corrected chi connectivity index (χ0v) is 24.3. The molecule has 4 rings (SSSR count). The van der Waals surface area contributed by atoms with Crippen molar-refractivity contribution < 1.29 is 13.2 Å². The summed E-state index contributed by atoms with van der Waals surface area (Å²) in [7, 11) is -3.19. The lowest BCUT2D eigenvalue weighted by atomic mass is 9.91. The Labute approximate surface area is 228 Å². The van der Waals surface area contributed by atoms with Crippen LogP contribution in [0.1, 0.15) is 63.1 Å². The van der Waals surface area contributed by atoms with Crippen LogP contribution in [0.2, 0.25) is 0 Å². The van der Waals surface area contributed by atoms with Crippen LogP contribution in [0.5, 0.6) is 0 Å². The lowest BCUT2D eigenvalue weighted by molar-refractivity contribution is -0.123. The predicted octanol–water partition coefficient (Wildman–Crippen LogP) is 3.70. The van der Waals surface area contributed by atoms with Gasteiger partial charge in [-0.25, -0.2) is 8.42 Å². The topological polar surface area (TPSA) is 103 Å². The molecular weight excluding hydrogens is 529 g/mol. The van der Waals surface area contributed by atoms with E-state index in [4.69, 9.17) is 12.2 Å². The van der Waals surface area contributed by atoms with Crippen molar-refractivity contribution >= 4 is 55.9 Å². The summed E-state index contributed by atoms with van der Waals surface area (Å²) in [4.78, 5) is 31.1. The van der Waals surface area contributed by atoms with Crippen molar-refractivity contribution in [1.82, 2.24) is 9.47 Å². The largest absolute Gasteiger partial charge is 0.357 e. The minimum absolute atomic E-state index is 0.0519. The number of nitrogens with zero attached hydrogens (tertiary/aromatic N) is 4. The number of piperidine rings is 1. The fourth-order valence-corrected chi connectivity index (χ4v) is 8.83. The number of anilines is 1. The minimum atomic E-state index is -3.19. The zero-order valence-electron chi connectivity index (χ0n) is 21.8. The van der Waals surface area contributed by atoms with Crippen LogP contribution in [-0.2, 0) is 21.2 Å². The number of pyridine rings is 1. The molecule has 0 radical (unpaired) electrons. The van der Waals surface area contributed by atoms with Crippen LogP contribution < -0.4 is 10.5 Å². The molecule has 3 fully saturated rings. The van der Waals surface area contributed by atoms with Crippen molar-refractivity contribution in [2.24, 2.45) is 11.8 Å². The second kappa shape index (κ2) is 10.9. The number of carbonyl (C=O) groups excluding carboxylic acids is 1. The van der Waals surface area contributed by atoms with E-state index in [1.54, 1.807) is 17.6 Å². The van der Waals surface area contributed by atoms with Crippen LogP contribution >= 0.6 is 24.0 Å². The average Bonchev–Trinajstić information content (AvgIpc) is 3.31. The van der Waals surface area contributed by atoms with Crippen molar-refractivity contribution in [3.63, 3.8) is 0 Å². The van der Waals surface area contributed by atoms with Crippen molar-refractivity contribution in [2.75, 3.05) is 29.5 Å². The number of carbonyl (C=O) groups is 1. The third kappa shape index (κ3) is 5.52. The lowest BCUT2D eigenvalue weighted by Crippen LogP contribution is -2.43. The van der Waals surface area contributed by atoms with Crippen molar-refractivity contribution in [3.05, 3.63) is 31.9 Å². The Morgan fingerprint density at radius 1 is 1.22 bits per heavy atom. The van der Waals surface area contributed by atoms with E-state index >= 15 is 0 Å². The Bertz CT molecular complexity index is 1350. The smallest absolute Gasteiger partial charge is 0.270 e. The van der Waals surface area contributed by atoms with Crippen molar-refractivity contribution in [3.8, 4) is 6.07 Å². The summed E-state index contributed by atoms with van der Waals surface area (Å²) in [5.41, 5.74) is 1.03. The summed E-state index contributed by atoms with van der Waals surface area (Å²) in [5.74, 6) is 1.28. The number of aromatic nitrogens is 1. The fraction of sp³-hybridized carbons (Fsp3) is 0.615. The second-order valence-electron chi connectivity index (χ2n) is 10.6. The molecule has 1 amide bonds. The van der Waals surface area contributed by atoms with Gasteiger partial charge in [0.05, 0.1) is 22.5 Å². The van der Waals surface area contributed by atoms with Crippen molar-refractivity contribution in [2.45, 2.75) is 66.0 Å². The number of sulfone groups is 1. The molecule has 0 N–H and O–H groups in total. The normalized spacial score (nSPS) is 26.8. The van der Waals surface area contributed by atoms with Crippen molar-refractivity contribution in [1.29, 1.82) is 5.26 Å². The Kier molecular flexibility index (Phi) is 8.22. The first-order chi connectivity index (χ1) is 17.5. The summed E-state index contributed by atoms with van der Waals surface area (Å²) in [6.07, 6.45) is 4.92. The molecule has 3 aliphatic rings. The van der Waals surface area contributed by atoms with E-state index in [-0.39, 0.29) is 28.5 Å². The van der Waals surface area contributed by atoms with E-state index in [1.807, 2.05) is 0 Å². The minimum Gasteiger partial charge on any atom is -0.357 e. The average molecular weight is 563 g/mol. The summed E-state index contributed by atoms with van der Waals surface area (Å²) >= 11 is 6.67. The molecule has 3 aliphatic heterocycles. The van der Waals surface area contributed by atoms with Gasteiger partial charge in [-0.2, -0.15) is 5.26 Å². The predicted molar refractivity (Wildman–Crippen MR) is 152 cm³/mol. The summed E-state index contributed by atoms with van der Waals surface area (Å²) in [5, 5.41) is 9.89. The van der Waals surface area contributed by atoms with Crippen LogP contribution in [0.3, 0.4) is 0 Å². The van der Waals surface area contributed by atoms with E-state index in [2.05, 4.69) is 31.7 Å². The van der Waals surface area contributed by atoms with Crippen LogP contribution in [0.4, 0.5) is 5.82 Å². The molecule has 0 bridgehead atoms. The summed E-state index contributed by atoms with van der Waals surface area (Å²) in [6.45, 7) is 10.3. The third-order valence-corrected chi connectivity index (χ3v) is 10.5. The number of nitriles is 1. The number of thiocarbonyl (C=S) groups is 1. The van der Waals surface area contributed by atoms with Gasteiger partial charge in [-0.1, -0.05) is 51.2 Å². The van der Waals surface area contributed by atoms with Gasteiger partial charge < -0.3 is 4.90 Å². The van der Waals surface area contributed by atoms with Gasteiger partial charge in [-0.15, -0.1) is 0 Å². The standard InChI is InChI=1S/C26H34N4O4S3/c1-5-6-8-29-23(28-13-16(2)10-17(3)14-28)20(18(4)21(12-27)24(29)31)11-22-25(32)30(26(35)36-22)19-7-9-37(33,34)15-19/h11,16-17,19H,5-10,13-15H2,1-4H3/b22-11-. The second-order valence-corrected chi connectivity index (χ2v) is 14.5. The molecule has 3 atom stereocenters. The molecule has 0 spiro atoms. The first-order valence-corrected chi connectivity index (χ1v) is 15.9. The first kappa shape index (κ1) is 27.9. The molecule has 3 unspecified atom stereocenters. The fourth-order valence-electron chi connectivity index (χ4n) is 5.75. The van der Waals surface area contributed by atoms with Crippen LogP contribution in [0, 0.1) is 30.1 Å². The van der Waals surface area contributed by atoms with E-state index in [9.17, 15) is 23.3 Å². The summed E-state index contributed by atoms with van der Waals surface area (Å²) in [6, 6.07) is 1.64. The number of unbranched alkanes of at least 4 members (excludes halogenated alkanes) is 1. The lowest BCUT2D eigenvalue weighted by Gasteiger charge is -2.39.